The van der Waals surface area contributed by atoms with Crippen molar-refractivity contribution in [2.45, 2.75) is 33.0 Å². The molecule has 1 heterocycles. The quantitative estimate of drug-likeness (QED) is 0.539. The molecule has 8 heteroatoms. The van der Waals surface area contributed by atoms with E-state index >= 15 is 0 Å². The number of morpholine rings is 1. The van der Waals surface area contributed by atoms with Crippen molar-refractivity contribution in [2.24, 2.45) is 10.9 Å². The smallest absolute Gasteiger partial charge is 0.387 e. The highest BCUT2D eigenvalue weighted by molar-refractivity contribution is 5.79. The second-order valence-corrected chi connectivity index (χ2v) is 7.27. The fourth-order valence-electron chi connectivity index (χ4n) is 3.40. The van der Waals surface area contributed by atoms with Crippen molar-refractivity contribution in [1.82, 2.24) is 15.1 Å². The van der Waals surface area contributed by atoms with Gasteiger partial charge in [-0.05, 0) is 23.6 Å². The number of aliphatic imine (C=N–C) groups is 1. The molecule has 0 aliphatic carbocycles. The molecule has 6 nitrogen and oxygen atoms in total. The number of halogens is 2. The van der Waals surface area contributed by atoms with Gasteiger partial charge in [-0.1, -0.05) is 26.0 Å². The van der Waals surface area contributed by atoms with E-state index in [2.05, 4.69) is 33.8 Å². The van der Waals surface area contributed by atoms with Crippen LogP contribution in [0.3, 0.4) is 0 Å². The van der Waals surface area contributed by atoms with Gasteiger partial charge >= 0.3 is 6.61 Å². The Morgan fingerprint density at radius 3 is 2.43 bits per heavy atom. The molecule has 0 bridgehead atoms. The normalized spacial score (nSPS) is 17.1. The highest BCUT2D eigenvalue weighted by Crippen LogP contribution is 2.16. The van der Waals surface area contributed by atoms with Gasteiger partial charge in [-0.25, -0.2) is 0 Å². The van der Waals surface area contributed by atoms with Crippen LogP contribution in [0.25, 0.3) is 0 Å². The zero-order chi connectivity index (χ0) is 20.5. The topological polar surface area (TPSA) is 49.3 Å². The summed E-state index contributed by atoms with van der Waals surface area (Å²) in [5.74, 6) is 1.47. The number of alkyl halides is 2. The molecule has 1 atom stereocenters. The van der Waals surface area contributed by atoms with Crippen LogP contribution in [0.2, 0.25) is 0 Å². The Labute approximate surface area is 166 Å². The van der Waals surface area contributed by atoms with E-state index in [0.717, 1.165) is 44.4 Å². The SMILES string of the molecule is CN=C(NCC(C(C)C)N1CCOCC1)N(C)Cc1ccc(OC(F)F)cc1. The number of rotatable bonds is 8. The van der Waals surface area contributed by atoms with Crippen molar-refractivity contribution >= 4 is 5.96 Å². The lowest BCUT2D eigenvalue weighted by molar-refractivity contribution is -0.0498. The maximum absolute atomic E-state index is 12.3. The first-order valence-corrected chi connectivity index (χ1v) is 9.68. The fourth-order valence-corrected chi connectivity index (χ4v) is 3.40. The number of ether oxygens (including phenoxy) is 2. The molecule has 28 heavy (non-hydrogen) atoms. The Kier molecular flexibility index (Phi) is 8.92. The molecule has 0 radical (unpaired) electrons. The maximum atomic E-state index is 12.3. The minimum absolute atomic E-state index is 0.161. The Morgan fingerprint density at radius 1 is 1.25 bits per heavy atom. The molecular weight excluding hydrogens is 366 g/mol. The van der Waals surface area contributed by atoms with Gasteiger partial charge in [0.05, 0.1) is 13.2 Å². The third-order valence-electron chi connectivity index (χ3n) is 4.90. The summed E-state index contributed by atoms with van der Waals surface area (Å²) in [5, 5.41) is 3.48. The molecule has 0 spiro atoms. The minimum atomic E-state index is -2.81. The average Bonchev–Trinajstić information content (AvgIpc) is 2.66. The van der Waals surface area contributed by atoms with E-state index in [9.17, 15) is 8.78 Å². The van der Waals surface area contributed by atoms with Crippen molar-refractivity contribution < 1.29 is 18.3 Å². The maximum Gasteiger partial charge on any atom is 0.387 e. The summed E-state index contributed by atoms with van der Waals surface area (Å²) in [7, 11) is 3.72. The molecule has 1 fully saturated rings. The van der Waals surface area contributed by atoms with E-state index in [1.54, 1.807) is 31.3 Å². The van der Waals surface area contributed by atoms with Crippen LogP contribution in [0, 0.1) is 5.92 Å². The zero-order valence-electron chi connectivity index (χ0n) is 17.2. The van der Waals surface area contributed by atoms with Crippen molar-refractivity contribution in [3.05, 3.63) is 29.8 Å². The molecule has 1 N–H and O–H groups in total. The molecule has 1 aliphatic heterocycles. The highest BCUT2D eigenvalue weighted by Gasteiger charge is 2.24. The van der Waals surface area contributed by atoms with Crippen molar-refractivity contribution in [3.63, 3.8) is 0 Å². The summed E-state index contributed by atoms with van der Waals surface area (Å²) in [6.45, 7) is 6.53. The molecule has 2 rings (SSSR count). The molecule has 1 unspecified atom stereocenters. The summed E-state index contributed by atoms with van der Waals surface area (Å²) < 4.78 is 34.4. The predicted octanol–water partition coefficient (Wildman–Crippen LogP) is 2.65. The third kappa shape index (κ3) is 6.91. The molecule has 1 aliphatic rings. The van der Waals surface area contributed by atoms with Crippen molar-refractivity contribution in [3.8, 4) is 5.75 Å². The lowest BCUT2D eigenvalue weighted by Crippen LogP contribution is -2.52. The third-order valence-corrected chi connectivity index (χ3v) is 4.90. The lowest BCUT2D eigenvalue weighted by Gasteiger charge is -2.37. The fraction of sp³-hybridized carbons (Fsp3) is 0.650. The van der Waals surface area contributed by atoms with Gasteiger partial charge < -0.3 is 19.7 Å². The molecule has 0 amide bonds. The number of hydrogen-bond acceptors (Lipinski definition) is 4. The van der Waals surface area contributed by atoms with Gasteiger partial charge in [0.1, 0.15) is 5.75 Å². The Bertz CT molecular complexity index is 605. The number of guanidine groups is 1. The molecule has 0 aromatic heterocycles. The monoisotopic (exact) mass is 398 g/mol. The molecule has 0 saturated carbocycles. The summed E-state index contributed by atoms with van der Waals surface area (Å²) >= 11 is 0. The highest BCUT2D eigenvalue weighted by atomic mass is 19.3. The van der Waals surface area contributed by atoms with Crippen LogP contribution in [0.5, 0.6) is 5.75 Å². The lowest BCUT2D eigenvalue weighted by atomic mass is 10.0. The van der Waals surface area contributed by atoms with Crippen molar-refractivity contribution in [1.29, 1.82) is 0 Å². The molecule has 158 valence electrons. The molecular formula is C20H32F2N4O2. The van der Waals surface area contributed by atoms with Crippen LogP contribution < -0.4 is 10.1 Å². The number of benzene rings is 1. The van der Waals surface area contributed by atoms with Gasteiger partial charge in [0.15, 0.2) is 5.96 Å². The summed E-state index contributed by atoms with van der Waals surface area (Å²) in [6, 6.07) is 7.08. The van der Waals surface area contributed by atoms with Crippen LogP contribution >= 0.6 is 0 Å². The largest absolute Gasteiger partial charge is 0.435 e. The molecule has 1 aromatic carbocycles. The number of nitrogens with zero attached hydrogens (tertiary/aromatic N) is 3. The predicted molar refractivity (Wildman–Crippen MR) is 107 cm³/mol. The molecule has 1 aromatic rings. The van der Waals surface area contributed by atoms with Gasteiger partial charge in [-0.3, -0.25) is 9.89 Å². The first kappa shape index (κ1) is 22.4. The first-order chi connectivity index (χ1) is 13.4. The standard InChI is InChI=1S/C20H32F2N4O2/c1-15(2)18(26-9-11-27-12-10-26)13-24-20(23-3)25(4)14-16-5-7-17(8-6-16)28-19(21)22/h5-8,15,18-19H,9-14H2,1-4H3,(H,23,24). The average molecular weight is 398 g/mol. The van der Waals surface area contributed by atoms with Crippen LogP contribution in [-0.4, -0.2) is 75.4 Å². The van der Waals surface area contributed by atoms with Crippen LogP contribution in [0.15, 0.2) is 29.3 Å². The van der Waals surface area contributed by atoms with E-state index in [-0.39, 0.29) is 5.75 Å². The zero-order valence-corrected chi connectivity index (χ0v) is 17.2. The molecule has 1 saturated heterocycles. The van der Waals surface area contributed by atoms with Gasteiger partial charge in [-0.15, -0.1) is 0 Å². The van der Waals surface area contributed by atoms with Crippen LogP contribution in [-0.2, 0) is 11.3 Å². The van der Waals surface area contributed by atoms with Crippen LogP contribution in [0.1, 0.15) is 19.4 Å². The number of nitrogens with one attached hydrogen (secondary N) is 1. The van der Waals surface area contributed by atoms with Gasteiger partial charge in [0, 0.05) is 46.3 Å². The first-order valence-electron chi connectivity index (χ1n) is 9.68. The van der Waals surface area contributed by atoms with E-state index in [0.29, 0.717) is 18.5 Å². The number of hydrogen-bond donors (Lipinski definition) is 1. The summed E-state index contributed by atoms with van der Waals surface area (Å²) in [5.41, 5.74) is 0.987. The van der Waals surface area contributed by atoms with Gasteiger partial charge in [0.2, 0.25) is 0 Å². The van der Waals surface area contributed by atoms with Gasteiger partial charge in [0.25, 0.3) is 0 Å². The summed E-state index contributed by atoms with van der Waals surface area (Å²) in [6.07, 6.45) is 0. The van der Waals surface area contributed by atoms with E-state index < -0.39 is 6.61 Å². The second kappa shape index (κ2) is 11.2. The van der Waals surface area contributed by atoms with Crippen molar-refractivity contribution in [2.75, 3.05) is 46.9 Å². The minimum Gasteiger partial charge on any atom is -0.435 e. The Hall–Kier alpha value is -1.93. The Morgan fingerprint density at radius 2 is 1.89 bits per heavy atom. The van der Waals surface area contributed by atoms with Gasteiger partial charge in [-0.2, -0.15) is 8.78 Å². The van der Waals surface area contributed by atoms with E-state index in [1.807, 2.05) is 11.9 Å². The van der Waals surface area contributed by atoms with Crippen LogP contribution in [0.4, 0.5) is 8.78 Å². The second-order valence-electron chi connectivity index (χ2n) is 7.27. The van der Waals surface area contributed by atoms with E-state index in [4.69, 9.17) is 4.74 Å². The summed E-state index contributed by atoms with van der Waals surface area (Å²) in [4.78, 5) is 8.86. The van der Waals surface area contributed by atoms with E-state index in [1.165, 1.54) is 0 Å². The Balaban J connectivity index is 1.90.